The van der Waals surface area contributed by atoms with Gasteiger partial charge < -0.3 is 15.2 Å². The van der Waals surface area contributed by atoms with Gasteiger partial charge in [0.05, 0.1) is 35.8 Å². The van der Waals surface area contributed by atoms with Gasteiger partial charge in [-0.25, -0.2) is 9.59 Å². The number of thiazole rings is 1. The van der Waals surface area contributed by atoms with E-state index in [-0.39, 0.29) is 21.6 Å². The highest BCUT2D eigenvalue weighted by Crippen LogP contribution is 2.37. The predicted octanol–water partition coefficient (Wildman–Crippen LogP) is -0.0500. The first-order chi connectivity index (χ1) is 15.5. The van der Waals surface area contributed by atoms with E-state index in [1.807, 2.05) is 0 Å². The average molecular weight is 450 g/mol. The van der Waals surface area contributed by atoms with Gasteiger partial charge in [-0.15, -0.1) is 11.3 Å². The van der Waals surface area contributed by atoms with E-state index in [2.05, 4.69) is 9.97 Å². The number of aromatic nitrogens is 3. The Balaban J connectivity index is 2.14. The number of hydrogen-bond donors (Lipinski definition) is 1. The molecule has 0 fully saturated rings. The molecule has 1 aliphatic heterocycles. The quantitative estimate of drug-likeness (QED) is 0.549. The van der Waals surface area contributed by atoms with Crippen molar-refractivity contribution in [3.8, 4) is 0 Å². The second kappa shape index (κ2) is 8.60. The zero-order valence-electron chi connectivity index (χ0n) is 17.1. The lowest BCUT2D eigenvalue weighted by Crippen LogP contribution is -2.41. The number of nitrogens with two attached hydrogens (primary N) is 1. The summed E-state index contributed by atoms with van der Waals surface area (Å²) in [6.45, 7) is 0. The molecule has 0 aromatic carbocycles. The Hall–Kier alpha value is -4.05. The Morgan fingerprint density at radius 2 is 1.56 bits per heavy atom. The molecule has 3 aromatic rings. The first kappa shape index (κ1) is 21.2. The maximum Gasteiger partial charge on any atom is 0.338 e. The van der Waals surface area contributed by atoms with Gasteiger partial charge in [0.15, 0.2) is 0 Å². The molecule has 3 aromatic heterocycles. The Morgan fingerprint density at radius 3 is 2.16 bits per heavy atom. The van der Waals surface area contributed by atoms with Crippen molar-refractivity contribution in [2.45, 2.75) is 5.92 Å². The number of rotatable bonds is 4. The minimum Gasteiger partial charge on any atom is -0.466 e. The van der Waals surface area contributed by atoms with E-state index in [0.717, 1.165) is 21.5 Å². The zero-order chi connectivity index (χ0) is 22.8. The molecule has 0 bridgehead atoms. The van der Waals surface area contributed by atoms with Gasteiger partial charge in [-0.3, -0.25) is 19.3 Å². The predicted molar refractivity (Wildman–Crippen MR) is 117 cm³/mol. The fourth-order valence-electron chi connectivity index (χ4n) is 3.57. The molecule has 9 nitrogen and oxygen atoms in total. The summed E-state index contributed by atoms with van der Waals surface area (Å²) >= 11 is 1.09. The number of carbonyl (C=O) groups excluding carboxylic acids is 2. The van der Waals surface area contributed by atoms with Gasteiger partial charge >= 0.3 is 11.9 Å². The van der Waals surface area contributed by atoms with E-state index in [4.69, 9.17) is 15.2 Å². The summed E-state index contributed by atoms with van der Waals surface area (Å²) < 4.78 is 11.8. The number of fused-ring (bicyclic) bond motifs is 1. The summed E-state index contributed by atoms with van der Waals surface area (Å²) in [6, 6.07) is 6.81. The van der Waals surface area contributed by atoms with Gasteiger partial charge in [0, 0.05) is 24.8 Å². The Morgan fingerprint density at radius 1 is 1.00 bits per heavy atom. The van der Waals surface area contributed by atoms with E-state index < -0.39 is 23.4 Å². The molecule has 0 amide bonds. The second-order valence-corrected chi connectivity index (χ2v) is 7.78. The molecule has 1 aliphatic rings. The number of carbonyl (C=O) groups is 2. The minimum absolute atomic E-state index is 0.0260. The maximum absolute atomic E-state index is 13.3. The summed E-state index contributed by atoms with van der Waals surface area (Å²) in [4.78, 5) is 46.9. The van der Waals surface area contributed by atoms with Crippen LogP contribution in [0.3, 0.4) is 0 Å². The highest BCUT2D eigenvalue weighted by atomic mass is 32.1. The van der Waals surface area contributed by atoms with Crippen LogP contribution in [0.5, 0.6) is 0 Å². The van der Waals surface area contributed by atoms with Crippen molar-refractivity contribution in [2.75, 3.05) is 14.2 Å². The molecule has 4 rings (SSSR count). The highest BCUT2D eigenvalue weighted by Gasteiger charge is 2.39. The SMILES string of the molecule is COC(=O)C1=C(N)n2c(s/c(=C/c3ccncc3)c2=O)=C(C(=O)OC)[C@H]1c1ccncc1. The van der Waals surface area contributed by atoms with Crippen LogP contribution in [0.2, 0.25) is 0 Å². The fourth-order valence-corrected chi connectivity index (χ4v) is 4.73. The standard InChI is InChI=1S/C22H18N4O5S/c1-30-21(28)16-15(13-5-9-25-10-6-13)17(22(29)31-2)20-26(18(16)23)19(27)14(32-20)11-12-3-7-24-8-4-12/h3-11,15H,23H2,1-2H3/b14-11+/t15-/m0/s1. The van der Waals surface area contributed by atoms with Crippen LogP contribution in [0.25, 0.3) is 17.5 Å². The molecule has 0 saturated heterocycles. The lowest BCUT2D eigenvalue weighted by molar-refractivity contribution is -0.136. The van der Waals surface area contributed by atoms with E-state index in [0.29, 0.717) is 10.1 Å². The normalized spacial score (nSPS) is 16.0. The van der Waals surface area contributed by atoms with Gasteiger partial charge in [-0.2, -0.15) is 0 Å². The summed E-state index contributed by atoms with van der Waals surface area (Å²) in [7, 11) is 2.44. The average Bonchev–Trinajstić information content (AvgIpc) is 3.15. The number of ether oxygens (including phenoxy) is 2. The van der Waals surface area contributed by atoms with Crippen molar-refractivity contribution >= 4 is 40.7 Å². The van der Waals surface area contributed by atoms with Crippen molar-refractivity contribution in [3.05, 3.63) is 85.3 Å². The number of nitrogens with zero attached hydrogens (tertiary/aromatic N) is 3. The van der Waals surface area contributed by atoms with Gasteiger partial charge in [-0.1, -0.05) is 0 Å². The second-order valence-electron chi connectivity index (χ2n) is 6.75. The topological polar surface area (TPSA) is 126 Å². The molecule has 4 heterocycles. The molecule has 0 aliphatic carbocycles. The van der Waals surface area contributed by atoms with Crippen LogP contribution in [0.4, 0.5) is 0 Å². The van der Waals surface area contributed by atoms with E-state index >= 15 is 0 Å². The van der Waals surface area contributed by atoms with Crippen LogP contribution in [0.15, 0.2) is 59.4 Å². The van der Waals surface area contributed by atoms with Gasteiger partial charge in [-0.05, 0) is 41.5 Å². The van der Waals surface area contributed by atoms with E-state index in [1.54, 1.807) is 42.7 Å². The molecule has 1 atom stereocenters. The largest absolute Gasteiger partial charge is 0.466 e. The fraction of sp³-hybridized carbons (Fsp3) is 0.136. The molecule has 0 radical (unpaired) electrons. The van der Waals surface area contributed by atoms with E-state index in [1.165, 1.54) is 26.6 Å². The first-order valence-electron chi connectivity index (χ1n) is 9.42. The number of esters is 2. The van der Waals surface area contributed by atoms with Crippen LogP contribution in [-0.4, -0.2) is 40.7 Å². The molecule has 0 spiro atoms. The Kier molecular flexibility index (Phi) is 5.69. The third kappa shape index (κ3) is 3.50. The summed E-state index contributed by atoms with van der Waals surface area (Å²) in [5.74, 6) is -2.44. The molecule has 10 heteroatoms. The smallest absolute Gasteiger partial charge is 0.338 e. The Bertz CT molecular complexity index is 1410. The first-order valence-corrected chi connectivity index (χ1v) is 10.2. The minimum atomic E-state index is -0.898. The van der Waals surface area contributed by atoms with Crippen molar-refractivity contribution in [3.63, 3.8) is 0 Å². The summed E-state index contributed by atoms with van der Waals surface area (Å²) in [5, 5.41) is 0. The van der Waals surface area contributed by atoms with Gasteiger partial charge in [0.2, 0.25) is 0 Å². The van der Waals surface area contributed by atoms with Crippen LogP contribution in [0.1, 0.15) is 17.0 Å². The van der Waals surface area contributed by atoms with Crippen molar-refractivity contribution in [1.82, 2.24) is 14.5 Å². The molecular formula is C22H18N4O5S. The summed E-state index contributed by atoms with van der Waals surface area (Å²) in [6.07, 6.45) is 7.95. The third-order valence-corrected chi connectivity index (χ3v) is 6.11. The number of methoxy groups -OCH3 is 2. The summed E-state index contributed by atoms with van der Waals surface area (Å²) in [5.41, 5.74) is 7.30. The van der Waals surface area contributed by atoms with Crippen molar-refractivity contribution in [1.29, 1.82) is 0 Å². The maximum atomic E-state index is 13.3. The van der Waals surface area contributed by atoms with E-state index in [9.17, 15) is 14.4 Å². The lowest BCUT2D eigenvalue weighted by atomic mass is 9.83. The van der Waals surface area contributed by atoms with Gasteiger partial charge in [0.25, 0.3) is 5.56 Å². The third-order valence-electron chi connectivity index (χ3n) is 5.00. The Labute approximate surface area is 185 Å². The molecule has 0 unspecified atom stereocenters. The molecule has 162 valence electrons. The van der Waals surface area contributed by atoms with Crippen LogP contribution < -0.4 is 20.5 Å². The zero-order valence-corrected chi connectivity index (χ0v) is 18.0. The van der Waals surface area contributed by atoms with Crippen LogP contribution >= 0.6 is 11.3 Å². The highest BCUT2D eigenvalue weighted by molar-refractivity contribution is 7.07. The van der Waals surface area contributed by atoms with Crippen LogP contribution in [0, 0.1) is 0 Å². The van der Waals surface area contributed by atoms with Gasteiger partial charge in [0.1, 0.15) is 10.5 Å². The molecular weight excluding hydrogens is 432 g/mol. The monoisotopic (exact) mass is 450 g/mol. The number of pyridine rings is 2. The van der Waals surface area contributed by atoms with Crippen LogP contribution in [-0.2, 0) is 19.1 Å². The molecule has 0 saturated carbocycles. The molecule has 32 heavy (non-hydrogen) atoms. The van der Waals surface area contributed by atoms with Crippen molar-refractivity contribution in [2.24, 2.45) is 5.73 Å². The number of hydrogen-bond acceptors (Lipinski definition) is 9. The lowest BCUT2D eigenvalue weighted by Gasteiger charge is -2.26. The molecule has 2 N–H and O–H groups in total. The van der Waals surface area contributed by atoms with Crippen molar-refractivity contribution < 1.29 is 19.1 Å².